The molecule has 0 aliphatic heterocycles. The van der Waals surface area contributed by atoms with Crippen molar-refractivity contribution >= 4 is 12.0 Å². The van der Waals surface area contributed by atoms with Gasteiger partial charge in [0.25, 0.3) is 5.91 Å². The first kappa shape index (κ1) is 15.5. The number of ether oxygens (including phenoxy) is 1. The number of alkyl carbamates (subject to hydrolysis) is 1. The van der Waals surface area contributed by atoms with Crippen molar-refractivity contribution in [3.63, 3.8) is 0 Å². The molecule has 0 aromatic carbocycles. The second kappa shape index (κ2) is 5.24. The summed E-state index contributed by atoms with van der Waals surface area (Å²) in [4.78, 5) is 21.9. The average Bonchev–Trinajstić information content (AvgIpc) is 2.07. The van der Waals surface area contributed by atoms with Crippen LogP contribution >= 0.6 is 0 Å². The van der Waals surface area contributed by atoms with E-state index >= 15 is 0 Å². The third kappa shape index (κ3) is 6.64. The van der Waals surface area contributed by atoms with Crippen molar-refractivity contribution in [2.24, 2.45) is 5.41 Å². The zero-order valence-electron chi connectivity index (χ0n) is 9.64. The Kier molecular flexibility index (Phi) is 4.79. The Labute approximate surface area is 96.5 Å². The highest BCUT2D eigenvalue weighted by molar-refractivity contribution is 5.84. The number of carbonyl (C=O) groups excluding carboxylic acids is 2. The van der Waals surface area contributed by atoms with Gasteiger partial charge in [-0.15, -0.1) is 0 Å². The van der Waals surface area contributed by atoms with Crippen molar-refractivity contribution in [1.29, 1.82) is 0 Å². The first-order chi connectivity index (χ1) is 7.43. The number of carbonyl (C=O) groups is 2. The van der Waals surface area contributed by atoms with Crippen LogP contribution in [-0.2, 0) is 9.53 Å². The van der Waals surface area contributed by atoms with E-state index in [4.69, 9.17) is 5.73 Å². The average molecular weight is 255 g/mol. The van der Waals surface area contributed by atoms with Crippen LogP contribution in [0.2, 0.25) is 0 Å². The predicted molar refractivity (Wildman–Crippen MR) is 51.9 cm³/mol. The summed E-state index contributed by atoms with van der Waals surface area (Å²) in [6, 6.07) is -1.22. The lowest BCUT2D eigenvalue weighted by Gasteiger charge is -2.27. The van der Waals surface area contributed by atoms with Gasteiger partial charge in [0, 0.05) is 0 Å². The Bertz CT molecular complexity index is 297. The molecule has 0 aromatic heterocycles. The van der Waals surface area contributed by atoms with Gasteiger partial charge in [-0.25, -0.2) is 4.79 Å². The molecule has 0 saturated heterocycles. The van der Waals surface area contributed by atoms with Crippen molar-refractivity contribution in [2.45, 2.75) is 33.0 Å². The molecule has 0 spiro atoms. The minimum Gasteiger partial charge on any atom is -0.440 e. The fourth-order valence-electron chi connectivity index (χ4n) is 0.982. The maximum absolute atomic E-state index is 11.7. The van der Waals surface area contributed by atoms with Gasteiger partial charge in [0.15, 0.2) is 6.61 Å². The molecule has 1 unspecified atom stereocenters. The van der Waals surface area contributed by atoms with Gasteiger partial charge in [-0.05, 0) is 5.41 Å². The summed E-state index contributed by atoms with van der Waals surface area (Å²) in [5.41, 5.74) is 6.13. The molecule has 1 radical (unpaired) electrons. The van der Waals surface area contributed by atoms with Gasteiger partial charge in [-0.2, -0.15) is 13.2 Å². The largest absolute Gasteiger partial charge is 0.440 e. The molecule has 0 fully saturated rings. The fourth-order valence-corrected chi connectivity index (χ4v) is 0.982. The number of amides is 2. The van der Waals surface area contributed by atoms with Crippen LogP contribution in [0.3, 0.4) is 0 Å². The smallest absolute Gasteiger partial charge is 0.422 e. The second-order valence-corrected chi connectivity index (χ2v) is 4.50. The van der Waals surface area contributed by atoms with Gasteiger partial charge in [0.05, 0.1) is 0 Å². The molecule has 0 rings (SSSR count). The summed E-state index contributed by atoms with van der Waals surface area (Å²) in [6.07, 6.45) is -6.00. The zero-order chi connectivity index (χ0) is 13.9. The maximum atomic E-state index is 11.7. The lowest BCUT2D eigenvalue weighted by atomic mass is 9.86. The van der Waals surface area contributed by atoms with E-state index in [1.807, 2.05) is 5.32 Å². The SMILES string of the molecule is CC(C)(C)C(NC(=O)OCC(F)(F)F)C([NH])=O. The van der Waals surface area contributed by atoms with Crippen molar-refractivity contribution in [3.05, 3.63) is 0 Å². The highest BCUT2D eigenvalue weighted by Gasteiger charge is 2.34. The van der Waals surface area contributed by atoms with E-state index in [1.54, 1.807) is 20.8 Å². The van der Waals surface area contributed by atoms with Gasteiger partial charge in [-0.1, -0.05) is 20.8 Å². The first-order valence-electron chi connectivity index (χ1n) is 4.69. The molecule has 0 heterocycles. The van der Waals surface area contributed by atoms with Crippen LogP contribution in [0.25, 0.3) is 0 Å². The van der Waals surface area contributed by atoms with E-state index in [0.717, 1.165) is 0 Å². The Morgan fingerprint density at radius 3 is 2.06 bits per heavy atom. The summed E-state index contributed by atoms with van der Waals surface area (Å²) >= 11 is 0. The Hall–Kier alpha value is -1.47. The number of hydrogen-bond acceptors (Lipinski definition) is 3. The molecule has 2 amide bonds. The first-order valence-corrected chi connectivity index (χ1v) is 4.69. The van der Waals surface area contributed by atoms with Gasteiger partial charge in [-0.3, -0.25) is 10.5 Å². The molecule has 2 N–H and O–H groups in total. The summed E-state index contributed by atoms with van der Waals surface area (Å²) in [6.45, 7) is 2.96. The third-order valence-electron chi connectivity index (χ3n) is 1.76. The summed E-state index contributed by atoms with van der Waals surface area (Å²) < 4.78 is 39.1. The molecule has 5 nitrogen and oxygen atoms in total. The molecule has 17 heavy (non-hydrogen) atoms. The van der Waals surface area contributed by atoms with Gasteiger partial charge in [0.1, 0.15) is 6.04 Å². The van der Waals surface area contributed by atoms with Gasteiger partial charge in [0.2, 0.25) is 0 Å². The molecular weight excluding hydrogens is 241 g/mol. The quantitative estimate of drug-likeness (QED) is 0.829. The van der Waals surface area contributed by atoms with E-state index in [2.05, 4.69) is 4.74 Å². The van der Waals surface area contributed by atoms with Crippen LogP contribution in [0.15, 0.2) is 0 Å². The normalized spacial score (nSPS) is 14.0. The Morgan fingerprint density at radius 1 is 1.29 bits per heavy atom. The van der Waals surface area contributed by atoms with Gasteiger partial charge >= 0.3 is 12.3 Å². The molecule has 0 bridgehead atoms. The highest BCUT2D eigenvalue weighted by Crippen LogP contribution is 2.20. The van der Waals surface area contributed by atoms with Gasteiger partial charge < -0.3 is 10.1 Å². The van der Waals surface area contributed by atoms with Crippen molar-refractivity contribution in [2.75, 3.05) is 6.61 Å². The minimum atomic E-state index is -4.63. The van der Waals surface area contributed by atoms with Crippen molar-refractivity contribution in [3.8, 4) is 0 Å². The molecule has 0 aliphatic rings. The van der Waals surface area contributed by atoms with E-state index in [-0.39, 0.29) is 0 Å². The lowest BCUT2D eigenvalue weighted by molar-refractivity contribution is -0.160. The van der Waals surface area contributed by atoms with Crippen molar-refractivity contribution < 1.29 is 27.5 Å². The minimum absolute atomic E-state index is 0.782. The molecule has 0 aliphatic carbocycles. The Morgan fingerprint density at radius 2 is 1.76 bits per heavy atom. The van der Waals surface area contributed by atoms with Crippen LogP contribution < -0.4 is 11.1 Å². The number of rotatable bonds is 3. The maximum Gasteiger partial charge on any atom is 0.422 e. The molecule has 99 valence electrons. The van der Waals surface area contributed by atoms with E-state index in [9.17, 15) is 22.8 Å². The number of nitrogens with one attached hydrogen (secondary N) is 2. The van der Waals surface area contributed by atoms with Crippen LogP contribution in [0, 0.1) is 5.41 Å². The number of halogens is 3. The summed E-state index contributed by atoms with van der Waals surface area (Å²) in [5.74, 6) is -1.10. The van der Waals surface area contributed by atoms with Crippen molar-refractivity contribution in [1.82, 2.24) is 11.1 Å². The van der Waals surface area contributed by atoms with E-state index in [1.165, 1.54) is 0 Å². The number of alkyl halides is 3. The van der Waals surface area contributed by atoms with Crippen LogP contribution in [-0.4, -0.2) is 30.8 Å². The topological polar surface area (TPSA) is 79.2 Å². The summed E-state index contributed by atoms with van der Waals surface area (Å²) in [5, 5.41) is 1.93. The third-order valence-corrected chi connectivity index (χ3v) is 1.76. The monoisotopic (exact) mass is 255 g/mol. The van der Waals surface area contributed by atoms with E-state index < -0.39 is 36.2 Å². The molecular formula is C9H14F3N2O3. The molecule has 1 atom stereocenters. The standard InChI is InChI=1S/C9H14F3N2O3/c1-8(2,3)5(6(13)15)14-7(16)17-4-9(10,11)12/h5,13H,4H2,1-3H3,(H,14,16). The van der Waals surface area contributed by atoms with Crippen LogP contribution in [0.5, 0.6) is 0 Å². The highest BCUT2D eigenvalue weighted by atomic mass is 19.4. The second-order valence-electron chi connectivity index (χ2n) is 4.50. The number of hydrogen-bond donors (Lipinski definition) is 1. The zero-order valence-corrected chi connectivity index (χ0v) is 9.64. The summed E-state index contributed by atoms with van der Waals surface area (Å²) in [7, 11) is 0. The molecule has 0 saturated carbocycles. The Balaban J connectivity index is 4.39. The van der Waals surface area contributed by atoms with Crippen LogP contribution in [0.1, 0.15) is 20.8 Å². The predicted octanol–water partition coefficient (Wildman–Crippen LogP) is 1.50. The fraction of sp³-hybridized carbons (Fsp3) is 0.778. The van der Waals surface area contributed by atoms with E-state index in [0.29, 0.717) is 0 Å². The van der Waals surface area contributed by atoms with Crippen LogP contribution in [0.4, 0.5) is 18.0 Å². The molecule has 8 heteroatoms. The lowest BCUT2D eigenvalue weighted by Crippen LogP contribution is -2.50. The molecule has 0 aromatic rings.